The largest absolute Gasteiger partial charge is 0.377 e. The number of rotatable bonds is 1. The fourth-order valence-electron chi connectivity index (χ4n) is 7.34. The Labute approximate surface area is 146 Å². The summed E-state index contributed by atoms with van der Waals surface area (Å²) >= 11 is 0. The van der Waals surface area contributed by atoms with Crippen molar-refractivity contribution in [3.05, 3.63) is 11.6 Å². The molecule has 24 heavy (non-hydrogen) atoms. The Balaban J connectivity index is 1.72. The van der Waals surface area contributed by atoms with Crippen LogP contribution in [0.5, 0.6) is 0 Å². The van der Waals surface area contributed by atoms with Gasteiger partial charge in [-0.15, -0.1) is 6.42 Å². The third kappa shape index (κ3) is 1.86. The molecule has 4 aliphatic carbocycles. The Kier molecular flexibility index (Phi) is 3.56. The van der Waals surface area contributed by atoms with Crippen LogP contribution in [0.15, 0.2) is 11.6 Å². The summed E-state index contributed by atoms with van der Waals surface area (Å²) in [5, 5.41) is 11.2. The van der Waals surface area contributed by atoms with Crippen LogP contribution in [0.25, 0.3) is 0 Å². The molecule has 2 nitrogen and oxygen atoms in total. The fourth-order valence-corrected chi connectivity index (χ4v) is 7.34. The molecule has 1 N–H and O–H groups in total. The van der Waals surface area contributed by atoms with E-state index in [-0.39, 0.29) is 10.8 Å². The van der Waals surface area contributed by atoms with Crippen LogP contribution in [0.4, 0.5) is 0 Å². The van der Waals surface area contributed by atoms with Gasteiger partial charge in [0.05, 0.1) is 0 Å². The third-order valence-electron chi connectivity index (χ3n) is 8.68. The molecule has 6 atom stereocenters. The van der Waals surface area contributed by atoms with Gasteiger partial charge in [0, 0.05) is 11.8 Å². The van der Waals surface area contributed by atoms with Crippen molar-refractivity contribution < 1.29 is 9.90 Å². The molecule has 4 rings (SSSR count). The minimum absolute atomic E-state index is 0.0784. The second-order valence-corrected chi connectivity index (χ2v) is 9.06. The number of ketones is 1. The van der Waals surface area contributed by atoms with Crippen molar-refractivity contribution in [2.45, 2.75) is 77.2 Å². The van der Waals surface area contributed by atoms with Crippen LogP contribution < -0.4 is 0 Å². The first-order chi connectivity index (χ1) is 11.4. The standard InChI is InChI=1S/C22H30O2/c1-4-21-12-9-18-17(19(21)10-13-22(21,24)5-2)7-6-15-14-16(23)8-11-20(15,18)3/h2,14,17-19,24H,4,6-13H2,1,3H3/t17-,18?,19?,20+,21+,22+/m1/s1. The zero-order valence-electron chi connectivity index (χ0n) is 15.1. The number of hydrogen-bond donors (Lipinski definition) is 1. The molecule has 0 bridgehead atoms. The average molecular weight is 326 g/mol. The summed E-state index contributed by atoms with van der Waals surface area (Å²) in [6.07, 6.45) is 16.8. The molecule has 0 saturated heterocycles. The average Bonchev–Trinajstić information content (AvgIpc) is 2.89. The van der Waals surface area contributed by atoms with Crippen molar-refractivity contribution in [1.82, 2.24) is 0 Å². The molecule has 4 aliphatic rings. The van der Waals surface area contributed by atoms with Gasteiger partial charge in [0.1, 0.15) is 5.60 Å². The summed E-state index contributed by atoms with van der Waals surface area (Å²) in [6, 6.07) is 0. The molecule has 3 saturated carbocycles. The normalized spacial score (nSPS) is 50.3. The first-order valence-corrected chi connectivity index (χ1v) is 9.84. The van der Waals surface area contributed by atoms with Crippen molar-refractivity contribution in [3.63, 3.8) is 0 Å². The van der Waals surface area contributed by atoms with Gasteiger partial charge < -0.3 is 5.11 Å². The van der Waals surface area contributed by atoms with Gasteiger partial charge in [-0.1, -0.05) is 25.3 Å². The second-order valence-electron chi connectivity index (χ2n) is 9.06. The number of carbonyl (C=O) groups excluding carboxylic acids is 1. The Morgan fingerprint density at radius 2 is 1.96 bits per heavy atom. The van der Waals surface area contributed by atoms with Gasteiger partial charge in [0.2, 0.25) is 0 Å². The number of hydrogen-bond acceptors (Lipinski definition) is 2. The van der Waals surface area contributed by atoms with Crippen LogP contribution in [-0.2, 0) is 4.79 Å². The molecule has 0 heterocycles. The van der Waals surface area contributed by atoms with E-state index in [2.05, 4.69) is 19.8 Å². The van der Waals surface area contributed by atoms with Crippen LogP contribution in [0.3, 0.4) is 0 Å². The summed E-state index contributed by atoms with van der Waals surface area (Å²) in [4.78, 5) is 11.9. The minimum Gasteiger partial charge on any atom is -0.377 e. The number of terminal acetylenes is 1. The molecular weight excluding hydrogens is 296 g/mol. The molecule has 2 unspecified atom stereocenters. The van der Waals surface area contributed by atoms with Crippen LogP contribution in [0.2, 0.25) is 0 Å². The maximum atomic E-state index is 11.9. The fraction of sp³-hybridized carbons (Fsp3) is 0.773. The Morgan fingerprint density at radius 1 is 1.21 bits per heavy atom. The van der Waals surface area contributed by atoms with Crippen LogP contribution in [-0.4, -0.2) is 16.5 Å². The van der Waals surface area contributed by atoms with E-state index in [1.807, 2.05) is 6.08 Å². The highest BCUT2D eigenvalue weighted by molar-refractivity contribution is 5.91. The van der Waals surface area contributed by atoms with E-state index < -0.39 is 5.60 Å². The van der Waals surface area contributed by atoms with Crippen molar-refractivity contribution >= 4 is 5.78 Å². The van der Waals surface area contributed by atoms with Gasteiger partial charge in [-0.05, 0) is 80.6 Å². The second kappa shape index (κ2) is 5.21. The summed E-state index contributed by atoms with van der Waals surface area (Å²) in [6.45, 7) is 4.62. The topological polar surface area (TPSA) is 37.3 Å². The Hall–Kier alpha value is -1.07. The molecule has 0 aromatic carbocycles. The molecule has 0 aromatic heterocycles. The predicted octanol–water partition coefficient (Wildman–Crippen LogP) is 4.27. The molecular formula is C22H30O2. The third-order valence-corrected chi connectivity index (χ3v) is 8.68. The van der Waals surface area contributed by atoms with E-state index in [9.17, 15) is 9.90 Å². The monoisotopic (exact) mass is 326 g/mol. The minimum atomic E-state index is -0.906. The molecule has 0 aliphatic heterocycles. The lowest BCUT2D eigenvalue weighted by Gasteiger charge is -2.59. The van der Waals surface area contributed by atoms with Crippen LogP contribution in [0, 0.1) is 40.9 Å². The van der Waals surface area contributed by atoms with E-state index >= 15 is 0 Å². The lowest BCUT2D eigenvalue weighted by Crippen LogP contribution is -2.55. The molecule has 0 radical (unpaired) electrons. The smallest absolute Gasteiger partial charge is 0.155 e. The predicted molar refractivity (Wildman–Crippen MR) is 95.1 cm³/mol. The van der Waals surface area contributed by atoms with Crippen LogP contribution in [0.1, 0.15) is 71.6 Å². The van der Waals surface area contributed by atoms with E-state index in [0.29, 0.717) is 30.0 Å². The molecule has 0 amide bonds. The van der Waals surface area contributed by atoms with Gasteiger partial charge in [-0.2, -0.15) is 0 Å². The van der Waals surface area contributed by atoms with Gasteiger partial charge in [0.15, 0.2) is 5.78 Å². The molecule has 2 heteroatoms. The zero-order valence-corrected chi connectivity index (χ0v) is 15.1. The summed E-state index contributed by atoms with van der Waals surface area (Å²) in [5.41, 5.74) is 0.629. The van der Waals surface area contributed by atoms with E-state index in [1.54, 1.807) is 0 Å². The zero-order chi connectivity index (χ0) is 17.2. The SMILES string of the molecule is C#C[C@]1(O)CCC2[C@@H]3CCC4=CC(=O)CC[C@]4(C)C3CC[C@@]21CC. The van der Waals surface area contributed by atoms with Crippen molar-refractivity contribution in [3.8, 4) is 12.3 Å². The first kappa shape index (κ1) is 16.4. The highest BCUT2D eigenvalue weighted by Gasteiger charge is 2.64. The maximum absolute atomic E-state index is 11.9. The van der Waals surface area contributed by atoms with Gasteiger partial charge in [-0.25, -0.2) is 0 Å². The van der Waals surface area contributed by atoms with Crippen molar-refractivity contribution in [2.75, 3.05) is 0 Å². The van der Waals surface area contributed by atoms with Gasteiger partial charge in [-0.3, -0.25) is 4.79 Å². The summed E-state index contributed by atoms with van der Waals surface area (Å²) in [5.74, 6) is 5.00. The van der Waals surface area contributed by atoms with Crippen molar-refractivity contribution in [1.29, 1.82) is 0 Å². The van der Waals surface area contributed by atoms with Crippen molar-refractivity contribution in [2.24, 2.45) is 28.6 Å². The number of aliphatic hydroxyl groups is 1. The highest BCUT2D eigenvalue weighted by Crippen LogP contribution is 2.68. The molecule has 0 spiro atoms. The highest BCUT2D eigenvalue weighted by atomic mass is 16.3. The van der Waals surface area contributed by atoms with Gasteiger partial charge in [0.25, 0.3) is 0 Å². The molecule has 3 fully saturated rings. The number of fused-ring (bicyclic) bond motifs is 5. The summed E-state index contributed by atoms with van der Waals surface area (Å²) < 4.78 is 0. The maximum Gasteiger partial charge on any atom is 0.155 e. The lowest BCUT2D eigenvalue weighted by molar-refractivity contribution is -0.122. The quantitative estimate of drug-likeness (QED) is 0.731. The van der Waals surface area contributed by atoms with E-state index in [4.69, 9.17) is 6.42 Å². The Morgan fingerprint density at radius 3 is 2.67 bits per heavy atom. The van der Waals surface area contributed by atoms with Gasteiger partial charge >= 0.3 is 0 Å². The number of carbonyl (C=O) groups is 1. The van der Waals surface area contributed by atoms with Crippen LogP contribution >= 0.6 is 0 Å². The lowest BCUT2D eigenvalue weighted by atomic mass is 9.45. The summed E-state index contributed by atoms with van der Waals surface area (Å²) in [7, 11) is 0. The van der Waals surface area contributed by atoms with E-state index in [1.165, 1.54) is 12.0 Å². The molecule has 130 valence electrons. The first-order valence-electron chi connectivity index (χ1n) is 9.84. The number of allylic oxidation sites excluding steroid dienone is 1. The Bertz CT molecular complexity index is 641. The molecule has 0 aromatic rings. The van der Waals surface area contributed by atoms with E-state index in [0.717, 1.165) is 44.9 Å².